The fourth-order valence-corrected chi connectivity index (χ4v) is 12.3. The van der Waals surface area contributed by atoms with Gasteiger partial charge in [0.1, 0.15) is 40.9 Å². The number of anilines is 1. The fourth-order valence-electron chi connectivity index (χ4n) is 9.56. The van der Waals surface area contributed by atoms with Gasteiger partial charge in [-0.3, -0.25) is 9.59 Å². The number of hydrogen-bond acceptors (Lipinski definition) is 12. The summed E-state index contributed by atoms with van der Waals surface area (Å²) in [6, 6.07) is 3.75. The van der Waals surface area contributed by atoms with Crippen LogP contribution in [0, 0.1) is 11.3 Å². The highest BCUT2D eigenvalue weighted by atomic mass is 32.2. The Hall–Kier alpha value is -4.79. The number of pyridine rings is 1. The second-order valence-corrected chi connectivity index (χ2v) is 23.0. The first-order valence-corrected chi connectivity index (χ1v) is 26.1. The number of benzene rings is 1. The molecule has 0 spiro atoms. The average molecular weight is 968 g/mol. The van der Waals surface area contributed by atoms with Crippen LogP contribution in [0.4, 0.5) is 9.93 Å². The van der Waals surface area contributed by atoms with E-state index in [0.717, 1.165) is 30.8 Å². The van der Waals surface area contributed by atoms with Crippen LogP contribution in [0.25, 0.3) is 22.3 Å². The summed E-state index contributed by atoms with van der Waals surface area (Å²) >= 11 is 1.45. The number of nitrogens with zero attached hydrogens (tertiary/aromatic N) is 5. The maximum absolute atomic E-state index is 15.0. The van der Waals surface area contributed by atoms with E-state index in [9.17, 15) is 27.9 Å². The van der Waals surface area contributed by atoms with Gasteiger partial charge in [0.15, 0.2) is 5.13 Å². The van der Waals surface area contributed by atoms with E-state index in [1.165, 1.54) is 24.8 Å². The van der Waals surface area contributed by atoms with Crippen LogP contribution in [0.3, 0.4) is 0 Å². The van der Waals surface area contributed by atoms with Crippen LogP contribution in [-0.2, 0) is 24.6 Å². The first-order valence-electron chi connectivity index (χ1n) is 23.8. The lowest BCUT2D eigenvalue weighted by atomic mass is 9.86. The summed E-state index contributed by atoms with van der Waals surface area (Å²) in [6.07, 6.45) is 5.18. The minimum Gasteiger partial charge on any atom is -0.497 e. The number of carbonyl (C=O) groups is 4. The summed E-state index contributed by atoms with van der Waals surface area (Å²) in [4.78, 5) is 67.6. The van der Waals surface area contributed by atoms with Crippen molar-refractivity contribution in [3.63, 3.8) is 0 Å². The SMILES string of the molecule is COc1ccc2c(O[C@@H]3C[C@H]4C(=O)N[C@]5(C(=O)O)CC5CCCCCCC[C@H](NC(=O)N[C@H](CN5CCCN(C(C)C)S5(=O)=O)C(C)(C)C)C(=O)N4C3)cc(-c3csc(NC(C)C)n3)nc2c1. The van der Waals surface area contributed by atoms with Crippen molar-refractivity contribution in [1.82, 2.24) is 39.4 Å². The summed E-state index contributed by atoms with van der Waals surface area (Å²) in [5.41, 5.74) is -0.235. The van der Waals surface area contributed by atoms with E-state index in [1.807, 2.05) is 59.9 Å². The Bertz CT molecular complexity index is 2410. The number of carboxylic acid groups (broad SMARTS) is 1. The van der Waals surface area contributed by atoms with E-state index in [1.54, 1.807) is 25.3 Å². The smallest absolute Gasteiger partial charge is 0.329 e. The number of nitrogens with one attached hydrogen (secondary N) is 4. The number of carbonyl (C=O) groups excluding carboxylic acids is 3. The predicted molar refractivity (Wildman–Crippen MR) is 257 cm³/mol. The maximum atomic E-state index is 15.0. The number of fused-ring (bicyclic) bond motifs is 3. The molecule has 3 aromatic rings. The van der Waals surface area contributed by atoms with Crippen molar-refractivity contribution in [3.8, 4) is 22.9 Å². The summed E-state index contributed by atoms with van der Waals surface area (Å²) < 4.78 is 42.5. The topological polar surface area (TPSA) is 225 Å². The number of aliphatic carboxylic acids is 1. The zero-order valence-corrected chi connectivity index (χ0v) is 41.7. The Morgan fingerprint density at radius 1 is 1.00 bits per heavy atom. The van der Waals surface area contributed by atoms with Crippen LogP contribution in [0.15, 0.2) is 29.6 Å². The number of aromatic nitrogens is 2. The number of amides is 4. The lowest BCUT2D eigenvalue weighted by Gasteiger charge is -2.41. The maximum Gasteiger partial charge on any atom is 0.329 e. The molecule has 18 nitrogen and oxygen atoms in total. The van der Waals surface area contributed by atoms with E-state index in [0.29, 0.717) is 72.6 Å². The molecule has 1 aliphatic carbocycles. The van der Waals surface area contributed by atoms with Gasteiger partial charge in [-0.25, -0.2) is 19.6 Å². The fraction of sp³-hybridized carbons (Fsp3) is 0.660. The largest absolute Gasteiger partial charge is 0.497 e. The standard InChI is InChI=1S/C47H69N9O9S2/c1-28(2)48-45-51-37(27-66-45)36-23-39(33-18-17-31(64-8)21-35(33)49-36)65-32-22-38-41(57)53-47(43(59)60)24-30(47)15-12-10-9-11-13-16-34(42(58)55(38)25-32)50-44(61)52-40(46(5,6)7)26-54-19-14-20-56(29(3)4)67(54,62)63/h17-18,21,23,27-30,32,34,38,40H,9-16,19-20,22,24-26H2,1-8H3,(H,48,51)(H,53,57)(H,59,60)(H2,50,52,61)/t30?,32-,34+,38+,40-,47-/m1/s1. The van der Waals surface area contributed by atoms with Gasteiger partial charge in [0.2, 0.25) is 11.8 Å². The predicted octanol–water partition coefficient (Wildman–Crippen LogP) is 5.98. The quantitative estimate of drug-likeness (QED) is 0.141. The van der Waals surface area contributed by atoms with Crippen molar-refractivity contribution in [2.75, 3.05) is 38.6 Å². The second-order valence-electron chi connectivity index (χ2n) is 20.2. The number of carboxylic acids is 1. The van der Waals surface area contributed by atoms with E-state index >= 15 is 4.79 Å². The molecule has 7 rings (SSSR count). The van der Waals surface area contributed by atoms with Crippen LogP contribution in [0.1, 0.15) is 113 Å². The van der Waals surface area contributed by atoms with Gasteiger partial charge >= 0.3 is 12.0 Å². The molecule has 20 heteroatoms. The van der Waals surface area contributed by atoms with Gasteiger partial charge < -0.3 is 40.7 Å². The molecule has 1 saturated carbocycles. The number of ether oxygens (including phenoxy) is 2. The van der Waals surface area contributed by atoms with Crippen LogP contribution in [-0.4, -0.2) is 136 Å². The summed E-state index contributed by atoms with van der Waals surface area (Å²) in [5, 5.41) is 25.9. The molecule has 3 aliphatic heterocycles. The molecule has 0 radical (unpaired) electrons. The molecule has 2 aromatic heterocycles. The lowest BCUT2D eigenvalue weighted by Crippen LogP contribution is -2.61. The van der Waals surface area contributed by atoms with Crippen molar-refractivity contribution in [1.29, 1.82) is 0 Å². The van der Waals surface area contributed by atoms with Crippen molar-refractivity contribution in [3.05, 3.63) is 29.6 Å². The Morgan fingerprint density at radius 2 is 1.73 bits per heavy atom. The van der Waals surface area contributed by atoms with Crippen LogP contribution >= 0.6 is 11.3 Å². The molecule has 3 saturated heterocycles. The molecule has 6 atom stereocenters. The first kappa shape index (κ1) is 50.1. The molecule has 4 aliphatic rings. The molecule has 1 aromatic carbocycles. The zero-order valence-electron chi connectivity index (χ0n) is 40.1. The monoisotopic (exact) mass is 967 g/mol. The number of urea groups is 1. The van der Waals surface area contributed by atoms with Gasteiger partial charge in [0, 0.05) is 67.1 Å². The molecular formula is C47H69N9O9S2. The van der Waals surface area contributed by atoms with E-state index in [2.05, 4.69) is 21.3 Å². The average Bonchev–Trinajstić information content (AvgIpc) is 3.51. The third-order valence-electron chi connectivity index (χ3n) is 13.5. The first-order chi connectivity index (χ1) is 31.7. The summed E-state index contributed by atoms with van der Waals surface area (Å²) in [7, 11) is -2.20. The second kappa shape index (κ2) is 20.4. The van der Waals surface area contributed by atoms with Gasteiger partial charge in [-0.05, 0) is 76.8 Å². The molecule has 0 bridgehead atoms. The van der Waals surface area contributed by atoms with E-state index in [-0.39, 0.29) is 43.9 Å². The molecule has 5 heterocycles. The molecule has 5 N–H and O–H groups in total. The lowest BCUT2D eigenvalue weighted by molar-refractivity contribution is -0.145. The number of hydrogen-bond donors (Lipinski definition) is 5. The molecule has 67 heavy (non-hydrogen) atoms. The Balaban J connectivity index is 1.18. The summed E-state index contributed by atoms with van der Waals surface area (Å²) in [5.74, 6) is -1.37. The highest BCUT2D eigenvalue weighted by Crippen LogP contribution is 2.48. The van der Waals surface area contributed by atoms with E-state index < -0.39 is 69.2 Å². The summed E-state index contributed by atoms with van der Waals surface area (Å²) in [6.45, 7) is 14.3. The van der Waals surface area contributed by atoms with Gasteiger partial charge in [0.05, 0.1) is 24.9 Å². The van der Waals surface area contributed by atoms with Crippen LogP contribution in [0.5, 0.6) is 11.5 Å². The van der Waals surface area contributed by atoms with E-state index in [4.69, 9.17) is 19.4 Å². The van der Waals surface area contributed by atoms with Crippen molar-refractivity contribution in [2.45, 2.75) is 155 Å². The van der Waals surface area contributed by atoms with Crippen molar-refractivity contribution >= 4 is 61.4 Å². The Kier molecular flexibility index (Phi) is 15.3. The zero-order chi connectivity index (χ0) is 48.4. The van der Waals surface area contributed by atoms with Crippen molar-refractivity contribution < 1.29 is 42.2 Å². The van der Waals surface area contributed by atoms with Gasteiger partial charge in [-0.1, -0.05) is 52.9 Å². The normalized spacial score (nSPS) is 25.9. The minimum atomic E-state index is -3.78. The minimum absolute atomic E-state index is 0.0293. The van der Waals surface area contributed by atoms with Gasteiger partial charge in [0.25, 0.3) is 10.2 Å². The van der Waals surface area contributed by atoms with Crippen molar-refractivity contribution in [2.24, 2.45) is 11.3 Å². The molecule has 4 fully saturated rings. The molecule has 368 valence electrons. The molecule has 1 unspecified atom stereocenters. The third-order valence-corrected chi connectivity index (χ3v) is 16.5. The number of rotatable bonds is 12. The highest BCUT2D eigenvalue weighted by molar-refractivity contribution is 7.86. The molecule has 4 amide bonds. The number of methoxy groups -OCH3 is 1. The Morgan fingerprint density at radius 3 is 2.42 bits per heavy atom. The third kappa shape index (κ3) is 11.4. The van der Waals surface area contributed by atoms with Gasteiger partial charge in [-0.2, -0.15) is 17.0 Å². The van der Waals surface area contributed by atoms with Crippen LogP contribution in [0.2, 0.25) is 0 Å². The van der Waals surface area contributed by atoms with Gasteiger partial charge in [-0.15, -0.1) is 11.3 Å². The Labute approximate surface area is 398 Å². The highest BCUT2D eigenvalue weighted by Gasteiger charge is 2.62. The number of thiazole rings is 1. The van der Waals surface area contributed by atoms with Crippen LogP contribution < -0.4 is 30.7 Å². The molecular weight excluding hydrogens is 899 g/mol.